The second kappa shape index (κ2) is 2.74. The van der Waals surface area contributed by atoms with Gasteiger partial charge in [0, 0.05) is 6.20 Å². The van der Waals surface area contributed by atoms with Crippen LogP contribution in [0.2, 0.25) is 0 Å². The Bertz CT molecular complexity index is 304. The Labute approximate surface area is 77.5 Å². The largest absolute Gasteiger partial charge is 0.504 e. The third-order valence-corrected chi connectivity index (χ3v) is 4.25. The predicted octanol–water partition coefficient (Wildman–Crippen LogP) is -2.03. The molecule has 6 heteroatoms. The van der Waals surface area contributed by atoms with Gasteiger partial charge in [-0.3, -0.25) is 9.69 Å². The average molecular weight is 200 g/mol. The zero-order valence-electron chi connectivity index (χ0n) is 6.67. The topological polar surface area (TPSA) is 86.5 Å². The molecule has 2 aliphatic rings. The number of β-lactam (4-membered cyclic amide) rings is 1. The Morgan fingerprint density at radius 2 is 2.46 bits per heavy atom. The molecule has 0 aromatic carbocycles. The number of rotatable bonds is 0. The molecule has 5 nitrogen and oxygen atoms in total. The molecule has 0 radical (unpaired) electrons. The lowest BCUT2D eigenvalue weighted by Crippen LogP contribution is -2.72. The van der Waals surface area contributed by atoms with Crippen molar-refractivity contribution in [2.45, 2.75) is 11.4 Å². The van der Waals surface area contributed by atoms with Gasteiger partial charge in [-0.2, -0.15) is 0 Å². The maximum Gasteiger partial charge on any atom is 0.275 e. The summed E-state index contributed by atoms with van der Waals surface area (Å²) in [6.45, 7) is 0. The van der Waals surface area contributed by atoms with Crippen molar-refractivity contribution in [3.05, 3.63) is 12.3 Å². The van der Waals surface area contributed by atoms with Gasteiger partial charge < -0.3 is 15.6 Å². The number of nitrogens with zero attached hydrogens (tertiary/aromatic N) is 1. The Morgan fingerprint density at radius 1 is 1.77 bits per heavy atom. The normalized spacial score (nSPS) is 36.8. The van der Waals surface area contributed by atoms with Crippen molar-refractivity contribution in [3.8, 4) is 0 Å². The lowest BCUT2D eigenvalue weighted by Gasteiger charge is -2.42. The minimum Gasteiger partial charge on any atom is -0.504 e. The van der Waals surface area contributed by atoms with E-state index in [0.717, 1.165) is 0 Å². The highest BCUT2D eigenvalue weighted by molar-refractivity contribution is 8.11. The summed E-state index contributed by atoms with van der Waals surface area (Å²) >= 11 is 0. The van der Waals surface area contributed by atoms with Gasteiger partial charge in [0.2, 0.25) is 5.37 Å². The number of amides is 1. The highest BCUT2D eigenvalue weighted by Gasteiger charge is 2.57. The summed E-state index contributed by atoms with van der Waals surface area (Å²) < 4.78 is 0. The zero-order chi connectivity index (χ0) is 9.59. The fourth-order valence-corrected chi connectivity index (χ4v) is 3.25. The van der Waals surface area contributed by atoms with E-state index in [-0.39, 0.29) is 11.3 Å². The molecule has 2 heterocycles. The van der Waals surface area contributed by atoms with Crippen LogP contribution in [0.25, 0.3) is 0 Å². The van der Waals surface area contributed by atoms with Crippen LogP contribution in [0.5, 0.6) is 0 Å². The molecule has 0 aromatic rings. The van der Waals surface area contributed by atoms with E-state index in [2.05, 4.69) is 0 Å². The number of carboxylic acid groups (broad SMARTS) is 1. The Hall–Kier alpha value is -1.01. The second-order valence-electron chi connectivity index (χ2n) is 2.89. The summed E-state index contributed by atoms with van der Waals surface area (Å²) in [5.74, 6) is 0.213. The lowest BCUT2D eigenvalue weighted by atomic mass is 10.1. The van der Waals surface area contributed by atoms with Crippen molar-refractivity contribution in [1.29, 1.82) is 0 Å². The average Bonchev–Trinajstić information content (AvgIpc) is 2.15. The lowest BCUT2D eigenvalue weighted by molar-refractivity contribution is -0.233. The van der Waals surface area contributed by atoms with E-state index in [9.17, 15) is 14.7 Å². The van der Waals surface area contributed by atoms with Crippen LogP contribution < -0.4 is 10.8 Å². The highest BCUT2D eigenvalue weighted by atomic mass is 32.2. The zero-order valence-corrected chi connectivity index (χ0v) is 7.49. The minimum absolute atomic E-state index is 0.209. The maximum absolute atomic E-state index is 11.1. The molecule has 0 saturated carbocycles. The molecule has 0 spiro atoms. The first-order chi connectivity index (χ1) is 6.13. The van der Waals surface area contributed by atoms with Crippen LogP contribution in [-0.2, 0) is 15.7 Å². The molecular weight excluding hydrogens is 192 g/mol. The van der Waals surface area contributed by atoms with Crippen LogP contribution in [0.4, 0.5) is 4.79 Å². The summed E-state index contributed by atoms with van der Waals surface area (Å²) in [5.41, 5.74) is 5.50. The van der Waals surface area contributed by atoms with Crippen LogP contribution in [0, 0.1) is 0 Å². The van der Waals surface area contributed by atoms with E-state index in [1.807, 2.05) is 0 Å². The second-order valence-corrected chi connectivity index (χ2v) is 4.90. The molecule has 1 fully saturated rings. The molecule has 1 amide bonds. The third-order valence-electron chi connectivity index (χ3n) is 2.17. The number of fused-ring (bicyclic) bond motifs is 1. The molecule has 2 N–H and O–H groups in total. The van der Waals surface area contributed by atoms with Crippen LogP contribution in [0.15, 0.2) is 12.3 Å². The van der Waals surface area contributed by atoms with E-state index in [1.54, 1.807) is 12.3 Å². The monoisotopic (exact) mass is 200 g/mol. The first-order valence-corrected chi connectivity index (χ1v) is 5.23. The van der Waals surface area contributed by atoms with E-state index >= 15 is 0 Å². The van der Waals surface area contributed by atoms with Gasteiger partial charge in [-0.15, -0.1) is 0 Å². The van der Waals surface area contributed by atoms with Crippen molar-refractivity contribution >= 4 is 22.1 Å². The number of hydrogen-bond acceptors (Lipinski definition) is 4. The molecule has 13 heavy (non-hydrogen) atoms. The van der Waals surface area contributed by atoms with Crippen molar-refractivity contribution < 1.29 is 14.7 Å². The van der Waals surface area contributed by atoms with E-state index < -0.39 is 22.2 Å². The first kappa shape index (κ1) is 8.58. The summed E-state index contributed by atoms with van der Waals surface area (Å²) in [6.07, 6.45) is 3.27. The van der Waals surface area contributed by atoms with Crippen molar-refractivity contribution in [2.24, 2.45) is 5.73 Å². The smallest absolute Gasteiger partial charge is 0.275 e. The standard InChI is InChI=1S/C7H8N2O3S/c8-4-5(10)9-2-1-3-13(6(4)9)7(11)12/h1-2,4,6H,3,8H2/t4?,6-,13?/m1/s1. The summed E-state index contributed by atoms with van der Waals surface area (Å²) in [6, 6.07) is -0.661. The molecule has 2 aliphatic heterocycles. The highest BCUT2D eigenvalue weighted by Crippen LogP contribution is 2.29. The Morgan fingerprint density at radius 3 is 3.08 bits per heavy atom. The molecule has 0 bridgehead atoms. The van der Waals surface area contributed by atoms with Crippen LogP contribution >= 0.6 is 0 Å². The molecule has 70 valence electrons. The Balaban J connectivity index is 2.23. The van der Waals surface area contributed by atoms with Gasteiger partial charge in [-0.1, -0.05) is 0 Å². The predicted molar refractivity (Wildman–Crippen MR) is 45.4 cm³/mol. The van der Waals surface area contributed by atoms with Gasteiger partial charge in [0.05, 0.1) is 10.9 Å². The fourth-order valence-electron chi connectivity index (χ4n) is 1.51. The van der Waals surface area contributed by atoms with Gasteiger partial charge in [-0.25, -0.2) is 0 Å². The molecule has 1 saturated heterocycles. The van der Waals surface area contributed by atoms with Crippen LogP contribution in [0.3, 0.4) is 0 Å². The number of carbonyl (C=O) groups excluding carboxylic acids is 2. The molecule has 2 unspecified atom stereocenters. The van der Waals surface area contributed by atoms with E-state index in [4.69, 9.17) is 5.73 Å². The first-order valence-electron chi connectivity index (χ1n) is 3.78. The van der Waals surface area contributed by atoms with Gasteiger partial charge in [0.1, 0.15) is 5.75 Å². The Kier molecular flexibility index (Phi) is 1.81. The quantitative estimate of drug-likeness (QED) is 0.361. The van der Waals surface area contributed by atoms with E-state index in [0.29, 0.717) is 5.75 Å². The SMILES string of the molecule is NC1C(=O)N2C=CC[S+](C(=O)[O-])[C@H]12. The fraction of sp³-hybridized carbons (Fsp3) is 0.429. The molecule has 0 aliphatic carbocycles. The summed E-state index contributed by atoms with van der Waals surface area (Å²) in [5, 5.41) is 9.19. The van der Waals surface area contributed by atoms with Gasteiger partial charge in [0.15, 0.2) is 6.04 Å². The van der Waals surface area contributed by atoms with Gasteiger partial charge >= 0.3 is 0 Å². The third kappa shape index (κ3) is 1.06. The van der Waals surface area contributed by atoms with Gasteiger partial charge in [-0.05, 0) is 6.08 Å². The number of hydrogen-bond donors (Lipinski definition) is 1. The van der Waals surface area contributed by atoms with Crippen molar-refractivity contribution in [3.63, 3.8) is 0 Å². The number of nitrogens with two attached hydrogens (primary N) is 1. The van der Waals surface area contributed by atoms with Gasteiger partial charge in [0.25, 0.3) is 11.2 Å². The molecule has 3 atom stereocenters. The van der Waals surface area contributed by atoms with Crippen molar-refractivity contribution in [1.82, 2.24) is 4.90 Å². The molecular formula is C7H8N2O3S. The molecule has 2 rings (SSSR count). The summed E-state index contributed by atoms with van der Waals surface area (Å²) in [4.78, 5) is 23.2. The van der Waals surface area contributed by atoms with Crippen LogP contribution in [-0.4, -0.2) is 33.3 Å². The molecule has 0 aromatic heterocycles. The van der Waals surface area contributed by atoms with Crippen LogP contribution in [0.1, 0.15) is 0 Å². The minimum atomic E-state index is -1.11. The maximum atomic E-state index is 11.1. The summed E-state index contributed by atoms with van der Waals surface area (Å²) in [7, 11) is -0.936. The van der Waals surface area contributed by atoms with Crippen molar-refractivity contribution in [2.75, 3.05) is 5.75 Å². The van der Waals surface area contributed by atoms with E-state index in [1.165, 1.54) is 4.90 Å². The number of carbonyl (C=O) groups is 2.